The second-order valence-corrected chi connectivity index (χ2v) is 5.49. The lowest BCUT2D eigenvalue weighted by molar-refractivity contribution is -0.115. The summed E-state index contributed by atoms with van der Waals surface area (Å²) >= 11 is 0. The van der Waals surface area contributed by atoms with Crippen LogP contribution in [0.2, 0.25) is 0 Å². The SMILES string of the molecule is CC(=O)c1cccc(NC(=O)Cc2noc3ccc(C)cc23)c1. The maximum Gasteiger partial charge on any atom is 0.230 e. The summed E-state index contributed by atoms with van der Waals surface area (Å²) in [4.78, 5) is 23.6. The Bertz CT molecular complexity index is 896. The zero-order valence-corrected chi connectivity index (χ0v) is 12.9. The van der Waals surface area contributed by atoms with Crippen molar-refractivity contribution >= 4 is 28.3 Å². The zero-order chi connectivity index (χ0) is 16.4. The Balaban J connectivity index is 1.77. The molecule has 3 aromatic rings. The molecule has 1 N–H and O–H groups in total. The predicted octanol–water partition coefficient (Wildman–Crippen LogP) is 3.52. The Hall–Kier alpha value is -2.95. The van der Waals surface area contributed by atoms with Crippen LogP contribution in [-0.4, -0.2) is 16.8 Å². The zero-order valence-electron chi connectivity index (χ0n) is 12.9. The van der Waals surface area contributed by atoms with E-state index in [2.05, 4.69) is 10.5 Å². The van der Waals surface area contributed by atoms with Crippen molar-refractivity contribution < 1.29 is 14.1 Å². The highest BCUT2D eigenvalue weighted by Crippen LogP contribution is 2.20. The van der Waals surface area contributed by atoms with Crippen molar-refractivity contribution in [2.45, 2.75) is 20.3 Å². The first-order valence-electron chi connectivity index (χ1n) is 7.29. The lowest BCUT2D eigenvalue weighted by atomic mass is 10.1. The molecular weight excluding hydrogens is 292 g/mol. The largest absolute Gasteiger partial charge is 0.356 e. The highest BCUT2D eigenvalue weighted by molar-refractivity contribution is 5.98. The number of rotatable bonds is 4. The van der Waals surface area contributed by atoms with E-state index in [1.807, 2.05) is 25.1 Å². The number of aromatic nitrogens is 1. The van der Waals surface area contributed by atoms with Crippen LogP contribution in [0.15, 0.2) is 47.0 Å². The first-order chi connectivity index (χ1) is 11.0. The molecule has 0 atom stereocenters. The molecule has 116 valence electrons. The Kier molecular flexibility index (Phi) is 3.93. The average molecular weight is 308 g/mol. The van der Waals surface area contributed by atoms with E-state index < -0.39 is 0 Å². The molecule has 5 nitrogen and oxygen atoms in total. The van der Waals surface area contributed by atoms with Gasteiger partial charge in [0.1, 0.15) is 5.69 Å². The molecule has 0 bridgehead atoms. The molecule has 0 spiro atoms. The van der Waals surface area contributed by atoms with Crippen LogP contribution in [0.25, 0.3) is 11.0 Å². The van der Waals surface area contributed by atoms with Gasteiger partial charge in [-0.05, 0) is 38.1 Å². The van der Waals surface area contributed by atoms with Gasteiger partial charge in [-0.2, -0.15) is 0 Å². The number of hydrogen-bond acceptors (Lipinski definition) is 4. The number of nitrogens with zero attached hydrogens (tertiary/aromatic N) is 1. The molecule has 0 saturated carbocycles. The highest BCUT2D eigenvalue weighted by Gasteiger charge is 2.13. The summed E-state index contributed by atoms with van der Waals surface area (Å²) in [6.45, 7) is 3.47. The molecule has 0 aliphatic heterocycles. The number of anilines is 1. The number of carbonyl (C=O) groups is 2. The molecule has 2 aromatic carbocycles. The molecule has 0 fully saturated rings. The van der Waals surface area contributed by atoms with Gasteiger partial charge in [-0.1, -0.05) is 28.9 Å². The average Bonchev–Trinajstić information content (AvgIpc) is 2.89. The van der Waals surface area contributed by atoms with Gasteiger partial charge in [0.05, 0.1) is 6.42 Å². The lowest BCUT2D eigenvalue weighted by Crippen LogP contribution is -2.15. The number of ketones is 1. The summed E-state index contributed by atoms with van der Waals surface area (Å²) in [5.41, 5.74) is 3.49. The van der Waals surface area contributed by atoms with Crippen LogP contribution in [0.4, 0.5) is 5.69 Å². The van der Waals surface area contributed by atoms with Gasteiger partial charge < -0.3 is 9.84 Å². The van der Waals surface area contributed by atoms with Crippen molar-refractivity contribution in [3.63, 3.8) is 0 Å². The third-order valence-electron chi connectivity index (χ3n) is 3.58. The topological polar surface area (TPSA) is 72.2 Å². The Morgan fingerprint density at radius 2 is 2.00 bits per heavy atom. The summed E-state index contributed by atoms with van der Waals surface area (Å²) in [6, 6.07) is 12.6. The smallest absolute Gasteiger partial charge is 0.230 e. The van der Waals surface area contributed by atoms with E-state index in [0.29, 0.717) is 22.5 Å². The van der Waals surface area contributed by atoms with Gasteiger partial charge in [-0.25, -0.2) is 0 Å². The maximum atomic E-state index is 12.2. The first-order valence-corrected chi connectivity index (χ1v) is 7.29. The van der Waals surface area contributed by atoms with Crippen molar-refractivity contribution in [3.8, 4) is 0 Å². The van der Waals surface area contributed by atoms with Crippen LogP contribution in [-0.2, 0) is 11.2 Å². The molecule has 1 amide bonds. The molecule has 0 aliphatic rings. The van der Waals surface area contributed by atoms with Crippen LogP contribution in [0.3, 0.4) is 0 Å². The van der Waals surface area contributed by atoms with Crippen LogP contribution in [0.1, 0.15) is 28.5 Å². The number of amides is 1. The molecule has 23 heavy (non-hydrogen) atoms. The number of Topliss-reactive ketones (excluding diaryl/α,β-unsaturated/α-hetero) is 1. The lowest BCUT2D eigenvalue weighted by Gasteiger charge is -2.05. The Morgan fingerprint density at radius 1 is 1.17 bits per heavy atom. The number of nitrogens with one attached hydrogen (secondary N) is 1. The van der Waals surface area contributed by atoms with Crippen molar-refractivity contribution in [1.29, 1.82) is 0 Å². The summed E-state index contributed by atoms with van der Waals surface area (Å²) in [5, 5.41) is 7.60. The van der Waals surface area contributed by atoms with E-state index in [0.717, 1.165) is 10.9 Å². The van der Waals surface area contributed by atoms with Crippen molar-refractivity contribution in [1.82, 2.24) is 5.16 Å². The maximum absolute atomic E-state index is 12.2. The predicted molar refractivity (Wildman–Crippen MR) is 87.5 cm³/mol. The molecule has 0 radical (unpaired) electrons. The van der Waals surface area contributed by atoms with Gasteiger partial charge in [0, 0.05) is 16.6 Å². The van der Waals surface area contributed by atoms with E-state index >= 15 is 0 Å². The fourth-order valence-electron chi connectivity index (χ4n) is 2.40. The molecule has 1 aromatic heterocycles. The van der Waals surface area contributed by atoms with E-state index in [1.54, 1.807) is 24.3 Å². The Morgan fingerprint density at radius 3 is 2.78 bits per heavy atom. The number of aryl methyl sites for hydroxylation is 1. The van der Waals surface area contributed by atoms with E-state index in [-0.39, 0.29) is 18.1 Å². The minimum Gasteiger partial charge on any atom is -0.356 e. The summed E-state index contributed by atoms with van der Waals surface area (Å²) in [5.74, 6) is -0.249. The molecule has 0 unspecified atom stereocenters. The second kappa shape index (κ2) is 6.04. The molecule has 5 heteroatoms. The van der Waals surface area contributed by atoms with Crippen molar-refractivity contribution in [2.75, 3.05) is 5.32 Å². The third-order valence-corrected chi connectivity index (χ3v) is 3.58. The minimum absolute atomic E-state index is 0.0425. The monoisotopic (exact) mass is 308 g/mol. The van der Waals surface area contributed by atoms with Gasteiger partial charge in [-0.3, -0.25) is 9.59 Å². The highest BCUT2D eigenvalue weighted by atomic mass is 16.5. The van der Waals surface area contributed by atoms with Crippen LogP contribution < -0.4 is 5.32 Å². The normalized spacial score (nSPS) is 10.7. The third kappa shape index (κ3) is 3.29. The van der Waals surface area contributed by atoms with Crippen LogP contribution in [0, 0.1) is 6.92 Å². The number of hydrogen-bond donors (Lipinski definition) is 1. The van der Waals surface area contributed by atoms with Gasteiger partial charge in [-0.15, -0.1) is 0 Å². The summed E-state index contributed by atoms with van der Waals surface area (Å²) in [6.07, 6.45) is 0.112. The van der Waals surface area contributed by atoms with Crippen molar-refractivity contribution in [2.24, 2.45) is 0 Å². The van der Waals surface area contributed by atoms with Crippen LogP contribution in [0.5, 0.6) is 0 Å². The Labute approximate surface area is 133 Å². The standard InChI is InChI=1S/C18H16N2O3/c1-11-6-7-17-15(8-11)16(20-23-17)10-18(22)19-14-5-3-4-13(9-14)12(2)21/h3-9H,10H2,1-2H3,(H,19,22). The van der Waals surface area contributed by atoms with E-state index in [9.17, 15) is 9.59 Å². The number of fused-ring (bicyclic) bond motifs is 1. The van der Waals surface area contributed by atoms with Gasteiger partial charge in [0.25, 0.3) is 0 Å². The second-order valence-electron chi connectivity index (χ2n) is 5.49. The molecule has 3 rings (SSSR count). The van der Waals surface area contributed by atoms with Gasteiger partial charge in [0.2, 0.25) is 5.91 Å². The van der Waals surface area contributed by atoms with Gasteiger partial charge >= 0.3 is 0 Å². The number of carbonyl (C=O) groups excluding carboxylic acids is 2. The fourth-order valence-corrected chi connectivity index (χ4v) is 2.40. The van der Waals surface area contributed by atoms with Gasteiger partial charge in [0.15, 0.2) is 11.4 Å². The molecule has 0 saturated heterocycles. The van der Waals surface area contributed by atoms with E-state index in [4.69, 9.17) is 4.52 Å². The van der Waals surface area contributed by atoms with Crippen molar-refractivity contribution in [3.05, 3.63) is 59.3 Å². The number of benzene rings is 2. The summed E-state index contributed by atoms with van der Waals surface area (Å²) in [7, 11) is 0. The summed E-state index contributed by atoms with van der Waals surface area (Å²) < 4.78 is 5.23. The first kappa shape index (κ1) is 15.0. The van der Waals surface area contributed by atoms with Crippen LogP contribution >= 0.6 is 0 Å². The molecular formula is C18H16N2O3. The molecule has 1 heterocycles. The quantitative estimate of drug-likeness (QED) is 0.748. The van der Waals surface area contributed by atoms with E-state index in [1.165, 1.54) is 6.92 Å². The molecule has 0 aliphatic carbocycles. The minimum atomic E-state index is -0.206. The fraction of sp³-hybridized carbons (Fsp3) is 0.167.